The molecule has 0 fully saturated rings. The molecule has 0 amide bonds. The third kappa shape index (κ3) is 4.39. The number of hydrogen-bond donors (Lipinski definition) is 3. The minimum absolute atomic E-state index is 0.384. The molecule has 78 valence electrons. The molecule has 1 aliphatic rings. The molecule has 0 radical (unpaired) electrons. The van der Waals surface area contributed by atoms with Crippen LogP contribution in [0.1, 0.15) is 19.8 Å². The van der Waals surface area contributed by atoms with E-state index < -0.39 is 0 Å². The molecule has 3 N–H and O–H groups in total. The Balaban J connectivity index is 2.26. The van der Waals surface area contributed by atoms with Crippen molar-refractivity contribution in [3.63, 3.8) is 0 Å². The Morgan fingerprint density at radius 2 is 2.43 bits per heavy atom. The predicted molar refractivity (Wildman–Crippen MR) is 61.9 cm³/mol. The van der Waals surface area contributed by atoms with E-state index in [-0.39, 0.29) is 6.10 Å². The lowest BCUT2D eigenvalue weighted by molar-refractivity contribution is 0.198. The first-order valence-electron chi connectivity index (χ1n) is 4.78. The molecule has 1 rings (SSSR count). The van der Waals surface area contributed by atoms with Crippen molar-refractivity contribution in [2.75, 3.05) is 6.54 Å². The summed E-state index contributed by atoms with van der Waals surface area (Å²) in [5.41, 5.74) is 1.03. The van der Waals surface area contributed by atoms with E-state index >= 15 is 0 Å². The number of allylic oxidation sites excluding steroid dienone is 3. The summed E-state index contributed by atoms with van der Waals surface area (Å²) >= 11 is 5.05. The van der Waals surface area contributed by atoms with Crippen LogP contribution in [0.3, 0.4) is 0 Å². The monoisotopic (exact) mass is 212 g/mol. The molecule has 0 bridgehead atoms. The fourth-order valence-corrected chi connectivity index (χ4v) is 1.32. The largest absolute Gasteiger partial charge is 0.392 e. The normalized spacial score (nSPS) is 17.1. The van der Waals surface area contributed by atoms with Crippen molar-refractivity contribution in [1.29, 1.82) is 0 Å². The lowest BCUT2D eigenvalue weighted by Crippen LogP contribution is -2.38. The van der Waals surface area contributed by atoms with Crippen LogP contribution in [0.4, 0.5) is 0 Å². The van der Waals surface area contributed by atoms with E-state index in [0.29, 0.717) is 11.7 Å². The Hall–Kier alpha value is -0.870. The second kappa shape index (κ2) is 5.78. The molecule has 0 aromatic rings. The summed E-state index contributed by atoms with van der Waals surface area (Å²) in [6.07, 6.45) is 8.00. The number of rotatable bonds is 3. The number of aliphatic hydroxyl groups excluding tert-OH is 1. The van der Waals surface area contributed by atoms with Crippen LogP contribution in [-0.4, -0.2) is 22.9 Å². The van der Waals surface area contributed by atoms with Gasteiger partial charge in [-0.2, -0.15) is 0 Å². The summed E-state index contributed by atoms with van der Waals surface area (Å²) in [6.45, 7) is 2.19. The highest BCUT2D eigenvalue weighted by atomic mass is 32.1. The van der Waals surface area contributed by atoms with Crippen LogP contribution in [0.25, 0.3) is 0 Å². The maximum atomic E-state index is 9.03. The molecule has 0 spiro atoms. The summed E-state index contributed by atoms with van der Waals surface area (Å²) in [5.74, 6) is 0. The van der Waals surface area contributed by atoms with Gasteiger partial charge in [0.15, 0.2) is 5.11 Å². The fourth-order valence-electron chi connectivity index (χ4n) is 1.12. The Morgan fingerprint density at radius 1 is 1.64 bits per heavy atom. The van der Waals surface area contributed by atoms with Gasteiger partial charge in [-0.3, -0.25) is 0 Å². The Kier molecular flexibility index (Phi) is 4.62. The van der Waals surface area contributed by atoms with Crippen molar-refractivity contribution in [2.45, 2.75) is 25.9 Å². The standard InChI is InChI=1S/C10H16N2OS/c1-8(13)7-11-10(14)12-9-5-3-2-4-6-9/h3,5-6,8,13H,2,4,7H2,1H3,(H2,11,12,14). The van der Waals surface area contributed by atoms with Crippen LogP contribution in [0.2, 0.25) is 0 Å². The van der Waals surface area contributed by atoms with Gasteiger partial charge in [0.1, 0.15) is 0 Å². The van der Waals surface area contributed by atoms with E-state index in [4.69, 9.17) is 17.3 Å². The van der Waals surface area contributed by atoms with Crippen LogP contribution in [0.15, 0.2) is 23.9 Å². The number of hydrogen-bond acceptors (Lipinski definition) is 2. The highest BCUT2D eigenvalue weighted by Gasteiger charge is 2.01. The van der Waals surface area contributed by atoms with Gasteiger partial charge in [-0.1, -0.05) is 12.2 Å². The molecule has 14 heavy (non-hydrogen) atoms. The minimum atomic E-state index is -0.384. The molecule has 0 aromatic heterocycles. The molecule has 1 unspecified atom stereocenters. The second-order valence-corrected chi connectivity index (χ2v) is 3.73. The quantitative estimate of drug-likeness (QED) is 0.612. The van der Waals surface area contributed by atoms with Gasteiger partial charge in [-0.15, -0.1) is 0 Å². The molecule has 0 saturated carbocycles. The summed E-state index contributed by atoms with van der Waals surface area (Å²) < 4.78 is 0. The minimum Gasteiger partial charge on any atom is -0.392 e. The van der Waals surface area contributed by atoms with E-state index in [9.17, 15) is 0 Å². The van der Waals surface area contributed by atoms with Gasteiger partial charge < -0.3 is 15.7 Å². The van der Waals surface area contributed by atoms with E-state index in [1.54, 1.807) is 6.92 Å². The maximum absolute atomic E-state index is 9.03. The average molecular weight is 212 g/mol. The zero-order valence-electron chi connectivity index (χ0n) is 8.29. The van der Waals surface area contributed by atoms with Gasteiger partial charge in [-0.05, 0) is 38.1 Å². The van der Waals surface area contributed by atoms with Gasteiger partial charge in [-0.25, -0.2) is 0 Å². The van der Waals surface area contributed by atoms with Crippen LogP contribution in [0.5, 0.6) is 0 Å². The predicted octanol–water partition coefficient (Wildman–Crippen LogP) is 1.07. The zero-order chi connectivity index (χ0) is 10.4. The lowest BCUT2D eigenvalue weighted by atomic mass is 10.1. The first-order valence-corrected chi connectivity index (χ1v) is 5.19. The molecule has 0 saturated heterocycles. The van der Waals surface area contributed by atoms with Gasteiger partial charge in [0, 0.05) is 12.2 Å². The summed E-state index contributed by atoms with van der Waals surface area (Å²) in [6, 6.07) is 0. The van der Waals surface area contributed by atoms with Crippen molar-refractivity contribution in [1.82, 2.24) is 10.6 Å². The Morgan fingerprint density at radius 3 is 3.00 bits per heavy atom. The maximum Gasteiger partial charge on any atom is 0.170 e. The first kappa shape index (κ1) is 11.2. The molecule has 1 aliphatic carbocycles. The van der Waals surface area contributed by atoms with Gasteiger partial charge >= 0.3 is 0 Å². The third-order valence-corrected chi connectivity index (χ3v) is 2.06. The topological polar surface area (TPSA) is 44.3 Å². The van der Waals surface area contributed by atoms with Crippen LogP contribution < -0.4 is 10.6 Å². The van der Waals surface area contributed by atoms with E-state index in [0.717, 1.165) is 18.5 Å². The molecule has 0 aliphatic heterocycles. The van der Waals surface area contributed by atoms with E-state index in [1.807, 2.05) is 6.08 Å². The van der Waals surface area contributed by atoms with Gasteiger partial charge in [0.05, 0.1) is 6.10 Å². The summed E-state index contributed by atoms with van der Waals surface area (Å²) in [4.78, 5) is 0. The molecule has 3 nitrogen and oxygen atoms in total. The molecular weight excluding hydrogens is 196 g/mol. The number of aliphatic hydroxyl groups is 1. The van der Waals surface area contributed by atoms with Crippen LogP contribution >= 0.6 is 12.2 Å². The molecule has 0 heterocycles. The average Bonchev–Trinajstić information content (AvgIpc) is 2.16. The van der Waals surface area contributed by atoms with Crippen LogP contribution in [-0.2, 0) is 0 Å². The molecular formula is C10H16N2OS. The van der Waals surface area contributed by atoms with E-state index in [1.165, 1.54) is 0 Å². The number of thiocarbonyl (C=S) groups is 1. The Bertz CT molecular complexity index is 259. The van der Waals surface area contributed by atoms with Gasteiger partial charge in [0.25, 0.3) is 0 Å². The number of nitrogens with one attached hydrogen (secondary N) is 2. The smallest absolute Gasteiger partial charge is 0.170 e. The van der Waals surface area contributed by atoms with Crippen molar-refractivity contribution in [3.05, 3.63) is 23.9 Å². The van der Waals surface area contributed by atoms with Crippen molar-refractivity contribution in [3.8, 4) is 0 Å². The Labute approximate surface area is 89.9 Å². The zero-order valence-corrected chi connectivity index (χ0v) is 9.10. The highest BCUT2D eigenvalue weighted by Crippen LogP contribution is 2.06. The lowest BCUT2D eigenvalue weighted by Gasteiger charge is -2.13. The molecule has 1 atom stereocenters. The van der Waals surface area contributed by atoms with Crippen LogP contribution in [0, 0.1) is 0 Å². The van der Waals surface area contributed by atoms with Crippen molar-refractivity contribution < 1.29 is 5.11 Å². The third-order valence-electron chi connectivity index (χ3n) is 1.81. The fraction of sp³-hybridized carbons (Fsp3) is 0.500. The summed E-state index contributed by atoms with van der Waals surface area (Å²) in [5, 5.41) is 15.6. The van der Waals surface area contributed by atoms with Crippen molar-refractivity contribution in [2.24, 2.45) is 0 Å². The molecule has 4 heteroatoms. The first-order chi connectivity index (χ1) is 6.68. The second-order valence-electron chi connectivity index (χ2n) is 3.32. The molecule has 0 aromatic carbocycles. The van der Waals surface area contributed by atoms with Crippen molar-refractivity contribution >= 4 is 17.3 Å². The summed E-state index contributed by atoms with van der Waals surface area (Å²) in [7, 11) is 0. The highest BCUT2D eigenvalue weighted by molar-refractivity contribution is 7.80. The van der Waals surface area contributed by atoms with Gasteiger partial charge in [0.2, 0.25) is 0 Å². The van der Waals surface area contributed by atoms with E-state index in [2.05, 4.69) is 22.8 Å². The SMILES string of the molecule is CC(O)CNC(=S)NC1=CCCC=C1.